The lowest BCUT2D eigenvalue weighted by Gasteiger charge is -2.24. The Labute approximate surface area is 193 Å². The Kier molecular flexibility index (Phi) is 5.35. The number of nitrogens with zero attached hydrogens (tertiary/aromatic N) is 3. The minimum atomic E-state index is -1.04. The fraction of sp³-hybridized carbons (Fsp3) is 0.120. The maximum Gasteiger partial charge on any atom is 0.263 e. The van der Waals surface area contributed by atoms with Crippen LogP contribution in [0.1, 0.15) is 26.3 Å². The first kappa shape index (κ1) is 20.8. The van der Waals surface area contributed by atoms with Crippen LogP contribution in [-0.4, -0.2) is 33.2 Å². The number of hydrogen-bond donors (Lipinski definition) is 1. The molecule has 0 bridgehead atoms. The second-order valence-electron chi connectivity index (χ2n) is 7.73. The molecule has 0 saturated carbocycles. The number of para-hydroxylation sites is 1. The van der Waals surface area contributed by atoms with Crippen molar-refractivity contribution in [3.05, 3.63) is 100 Å². The van der Waals surface area contributed by atoms with E-state index in [1.165, 1.54) is 11.3 Å². The summed E-state index contributed by atoms with van der Waals surface area (Å²) >= 11 is 1.44. The molecule has 0 spiro atoms. The number of hydrogen-bond acceptors (Lipinski definition) is 5. The quantitative estimate of drug-likeness (QED) is 0.370. The summed E-state index contributed by atoms with van der Waals surface area (Å²) in [5.41, 5.74) is 5.04. The van der Waals surface area contributed by atoms with E-state index in [9.17, 15) is 14.4 Å². The molecule has 0 radical (unpaired) electrons. The maximum absolute atomic E-state index is 13.3. The van der Waals surface area contributed by atoms with Gasteiger partial charge in [0.1, 0.15) is 6.04 Å². The minimum absolute atomic E-state index is 0.187. The summed E-state index contributed by atoms with van der Waals surface area (Å²) in [5, 5.41) is 4.31. The Hall–Kier alpha value is -4.04. The van der Waals surface area contributed by atoms with Gasteiger partial charge in [-0.15, -0.1) is 5.10 Å². The summed E-state index contributed by atoms with van der Waals surface area (Å²) in [5.74, 6) is -1.47. The summed E-state index contributed by atoms with van der Waals surface area (Å²) in [7, 11) is 1.87. The number of nitrogens with one attached hydrogen (secondary N) is 1. The average Bonchev–Trinajstić information content (AvgIpc) is 3.30. The van der Waals surface area contributed by atoms with E-state index in [2.05, 4.69) is 10.5 Å². The summed E-state index contributed by atoms with van der Waals surface area (Å²) in [6.07, 6.45) is 0.187. The molecule has 5 rings (SSSR count). The van der Waals surface area contributed by atoms with Crippen molar-refractivity contribution in [3.63, 3.8) is 0 Å². The molecular weight excluding hydrogens is 436 g/mol. The molecule has 2 heterocycles. The first-order valence-electron chi connectivity index (χ1n) is 10.4. The molecule has 0 aliphatic carbocycles. The minimum Gasteiger partial charge on any atom is -0.318 e. The summed E-state index contributed by atoms with van der Waals surface area (Å²) in [4.78, 5) is 41.1. The standard InChI is InChI=1S/C25H20N4O3S/c1-28-19-13-7-8-14-21(19)33-25(28)27-26-22(30)20(15-16-9-3-2-4-10-16)29-23(31)17-11-5-6-12-18(17)24(29)32/h2-14,20H,15H2,1H3,(H,26,30). The number of carbonyl (C=O) groups excluding carboxylic acids is 3. The molecule has 3 aromatic carbocycles. The van der Waals surface area contributed by atoms with Crippen LogP contribution in [0.2, 0.25) is 0 Å². The van der Waals surface area contributed by atoms with E-state index in [-0.39, 0.29) is 6.42 Å². The topological polar surface area (TPSA) is 83.8 Å². The van der Waals surface area contributed by atoms with Gasteiger partial charge >= 0.3 is 0 Å². The Balaban J connectivity index is 1.49. The number of benzene rings is 3. The smallest absolute Gasteiger partial charge is 0.263 e. The molecular formula is C25H20N4O3S. The molecule has 0 fully saturated rings. The van der Waals surface area contributed by atoms with Gasteiger partial charge in [0.25, 0.3) is 17.7 Å². The molecule has 1 unspecified atom stereocenters. The number of carbonyl (C=O) groups is 3. The second-order valence-corrected chi connectivity index (χ2v) is 8.74. The number of amides is 3. The Morgan fingerprint density at radius 3 is 2.18 bits per heavy atom. The van der Waals surface area contributed by atoms with Gasteiger partial charge in [0.05, 0.1) is 21.3 Å². The second kappa shape index (κ2) is 8.48. The molecule has 4 aromatic rings. The molecule has 164 valence electrons. The average molecular weight is 457 g/mol. The first-order valence-corrected chi connectivity index (χ1v) is 11.3. The summed E-state index contributed by atoms with van der Waals surface area (Å²) in [6.45, 7) is 0. The first-order chi connectivity index (χ1) is 16.0. The van der Waals surface area contributed by atoms with Crippen LogP contribution >= 0.6 is 11.3 Å². The highest BCUT2D eigenvalue weighted by Gasteiger charge is 2.42. The lowest BCUT2D eigenvalue weighted by molar-refractivity contribution is -0.125. The summed E-state index contributed by atoms with van der Waals surface area (Å²) in [6, 6.07) is 22.7. The predicted molar refractivity (Wildman–Crippen MR) is 125 cm³/mol. The molecule has 1 atom stereocenters. The number of thiazole rings is 1. The van der Waals surface area contributed by atoms with Crippen LogP contribution < -0.4 is 10.2 Å². The lowest BCUT2D eigenvalue weighted by Crippen LogP contribution is -2.50. The van der Waals surface area contributed by atoms with Crippen LogP contribution in [0.3, 0.4) is 0 Å². The van der Waals surface area contributed by atoms with Gasteiger partial charge in [-0.3, -0.25) is 19.3 Å². The van der Waals surface area contributed by atoms with Crippen LogP contribution in [0.5, 0.6) is 0 Å². The van der Waals surface area contributed by atoms with Crippen molar-refractivity contribution in [2.24, 2.45) is 12.1 Å². The van der Waals surface area contributed by atoms with Crippen molar-refractivity contribution >= 4 is 39.3 Å². The van der Waals surface area contributed by atoms with Crippen molar-refractivity contribution in [1.29, 1.82) is 0 Å². The number of aromatic nitrogens is 1. The van der Waals surface area contributed by atoms with Gasteiger partial charge < -0.3 is 4.57 Å². The van der Waals surface area contributed by atoms with Crippen LogP contribution in [0.15, 0.2) is 84.0 Å². The molecule has 7 nitrogen and oxygen atoms in total. The maximum atomic E-state index is 13.3. The van der Waals surface area contributed by atoms with E-state index < -0.39 is 23.8 Å². The van der Waals surface area contributed by atoms with E-state index in [0.717, 1.165) is 20.7 Å². The highest BCUT2D eigenvalue weighted by Crippen LogP contribution is 2.26. The SMILES string of the molecule is Cn1c(=NNC(=O)C(Cc2ccccc2)N2C(=O)c3ccccc3C2=O)sc2ccccc21. The Morgan fingerprint density at radius 2 is 1.52 bits per heavy atom. The molecule has 8 heteroatoms. The molecule has 1 aromatic heterocycles. The van der Waals surface area contributed by atoms with Crippen LogP contribution in [0, 0.1) is 0 Å². The monoisotopic (exact) mass is 456 g/mol. The Morgan fingerprint density at radius 1 is 0.909 bits per heavy atom. The zero-order chi connectivity index (χ0) is 22.9. The van der Waals surface area contributed by atoms with E-state index in [1.807, 2.05) is 66.2 Å². The van der Waals surface area contributed by atoms with Crippen molar-refractivity contribution in [1.82, 2.24) is 14.9 Å². The molecule has 1 N–H and O–H groups in total. The van der Waals surface area contributed by atoms with Gasteiger partial charge in [0.2, 0.25) is 4.80 Å². The number of rotatable bonds is 5. The largest absolute Gasteiger partial charge is 0.318 e. The van der Waals surface area contributed by atoms with Crippen molar-refractivity contribution in [3.8, 4) is 0 Å². The van der Waals surface area contributed by atoms with Gasteiger partial charge in [0.15, 0.2) is 0 Å². The number of fused-ring (bicyclic) bond motifs is 2. The highest BCUT2D eigenvalue weighted by atomic mass is 32.1. The molecule has 0 saturated heterocycles. The highest BCUT2D eigenvalue weighted by molar-refractivity contribution is 7.16. The molecule has 1 aliphatic heterocycles. The van der Waals surface area contributed by atoms with Crippen LogP contribution in [0.4, 0.5) is 0 Å². The zero-order valence-corrected chi connectivity index (χ0v) is 18.6. The van der Waals surface area contributed by atoms with Gasteiger partial charge in [-0.1, -0.05) is 65.9 Å². The van der Waals surface area contributed by atoms with E-state index >= 15 is 0 Å². The van der Waals surface area contributed by atoms with E-state index in [0.29, 0.717) is 15.9 Å². The summed E-state index contributed by atoms with van der Waals surface area (Å²) < 4.78 is 2.92. The molecule has 33 heavy (non-hydrogen) atoms. The van der Waals surface area contributed by atoms with Crippen molar-refractivity contribution in [2.45, 2.75) is 12.5 Å². The third-order valence-electron chi connectivity index (χ3n) is 5.69. The predicted octanol–water partition coefficient (Wildman–Crippen LogP) is 3.08. The van der Waals surface area contributed by atoms with Crippen molar-refractivity contribution in [2.75, 3.05) is 0 Å². The number of imide groups is 1. The van der Waals surface area contributed by atoms with Gasteiger partial charge in [-0.25, -0.2) is 5.43 Å². The van der Waals surface area contributed by atoms with Gasteiger partial charge in [-0.2, -0.15) is 0 Å². The van der Waals surface area contributed by atoms with E-state index in [4.69, 9.17) is 0 Å². The van der Waals surface area contributed by atoms with E-state index in [1.54, 1.807) is 24.3 Å². The molecule has 3 amide bonds. The van der Waals surface area contributed by atoms with Gasteiger partial charge in [-0.05, 0) is 29.8 Å². The Bertz CT molecular complexity index is 1420. The fourth-order valence-electron chi connectivity index (χ4n) is 4.00. The van der Waals surface area contributed by atoms with Crippen LogP contribution in [-0.2, 0) is 18.3 Å². The number of aryl methyl sites for hydroxylation is 1. The normalized spacial score (nSPS) is 14.6. The zero-order valence-electron chi connectivity index (χ0n) is 17.8. The van der Waals surface area contributed by atoms with Crippen LogP contribution in [0.25, 0.3) is 10.2 Å². The van der Waals surface area contributed by atoms with Crippen molar-refractivity contribution < 1.29 is 14.4 Å². The third-order valence-corrected chi connectivity index (χ3v) is 6.80. The van der Waals surface area contributed by atoms with Gasteiger partial charge in [0, 0.05) is 13.5 Å². The molecule has 1 aliphatic rings. The lowest BCUT2D eigenvalue weighted by atomic mass is 10.0. The fourth-order valence-corrected chi connectivity index (χ4v) is 4.97. The third kappa shape index (κ3) is 3.74.